The Morgan fingerprint density at radius 1 is 1.12 bits per heavy atom. The van der Waals surface area contributed by atoms with Gasteiger partial charge in [-0.15, -0.1) is 0 Å². The fourth-order valence-corrected chi connectivity index (χ4v) is 3.84. The number of carbonyl (C=O) groups is 2. The molecule has 5 heteroatoms. The van der Waals surface area contributed by atoms with Gasteiger partial charge in [-0.3, -0.25) is 9.69 Å². The molecule has 3 amide bonds. The minimum absolute atomic E-state index is 0.0645. The number of rotatable bonds is 5. The molecule has 1 aromatic carbocycles. The molecule has 25 heavy (non-hydrogen) atoms. The number of hydrogen-bond acceptors (Lipinski definition) is 3. The van der Waals surface area contributed by atoms with Crippen molar-refractivity contribution in [2.24, 2.45) is 0 Å². The Balaban J connectivity index is 1.58. The normalized spacial score (nSPS) is 20.3. The zero-order chi connectivity index (χ0) is 17.7. The summed E-state index contributed by atoms with van der Waals surface area (Å²) in [5.74, 6) is 0.720. The fraction of sp³-hybridized carbons (Fsp3) is 0.600. The standard InChI is InChI=1S/C20H28N2O3/c1-2-16-9-8-10-17(15-16)25-14-13-22-18(23)20(21-19(22)24)11-6-4-3-5-7-12-20/h8-10,15H,2-7,11-14H2,1H3,(H,21,24). The highest BCUT2D eigenvalue weighted by Gasteiger charge is 2.50. The first-order valence-electron chi connectivity index (χ1n) is 9.50. The van der Waals surface area contributed by atoms with Crippen LogP contribution < -0.4 is 10.1 Å². The quantitative estimate of drug-likeness (QED) is 0.829. The second-order valence-electron chi connectivity index (χ2n) is 7.09. The molecule has 1 aromatic rings. The zero-order valence-corrected chi connectivity index (χ0v) is 15.1. The molecule has 136 valence electrons. The predicted octanol–water partition coefficient (Wildman–Crippen LogP) is 3.66. The van der Waals surface area contributed by atoms with E-state index in [1.54, 1.807) is 0 Å². The lowest BCUT2D eigenvalue weighted by Gasteiger charge is -2.28. The lowest BCUT2D eigenvalue weighted by molar-refractivity contribution is -0.132. The van der Waals surface area contributed by atoms with E-state index in [1.807, 2.05) is 18.2 Å². The molecule has 2 fully saturated rings. The van der Waals surface area contributed by atoms with Crippen molar-refractivity contribution in [1.82, 2.24) is 10.2 Å². The summed E-state index contributed by atoms with van der Waals surface area (Å²) in [5.41, 5.74) is 0.542. The molecule has 5 nitrogen and oxygen atoms in total. The molecule has 1 heterocycles. The van der Waals surface area contributed by atoms with Crippen LogP contribution in [0.15, 0.2) is 24.3 Å². The molecule has 1 spiro atoms. The summed E-state index contributed by atoms with van der Waals surface area (Å²) in [6.07, 6.45) is 7.98. The fourth-order valence-electron chi connectivity index (χ4n) is 3.84. The summed E-state index contributed by atoms with van der Waals surface area (Å²) < 4.78 is 5.75. The van der Waals surface area contributed by atoms with Crippen LogP contribution in [0.3, 0.4) is 0 Å². The molecule has 1 saturated heterocycles. The monoisotopic (exact) mass is 344 g/mol. The van der Waals surface area contributed by atoms with Gasteiger partial charge in [0.05, 0.1) is 6.54 Å². The Labute approximate surface area is 149 Å². The van der Waals surface area contributed by atoms with E-state index in [-0.39, 0.29) is 11.9 Å². The average molecular weight is 344 g/mol. The van der Waals surface area contributed by atoms with E-state index in [0.717, 1.165) is 50.7 Å². The van der Waals surface area contributed by atoms with E-state index in [2.05, 4.69) is 18.3 Å². The molecule has 0 bridgehead atoms. The van der Waals surface area contributed by atoms with Crippen LogP contribution >= 0.6 is 0 Å². The van der Waals surface area contributed by atoms with Crippen molar-refractivity contribution in [2.75, 3.05) is 13.2 Å². The molecule has 1 N–H and O–H groups in total. The maximum atomic E-state index is 12.9. The van der Waals surface area contributed by atoms with Crippen LogP contribution in [-0.2, 0) is 11.2 Å². The number of urea groups is 1. The minimum atomic E-state index is -0.667. The van der Waals surface area contributed by atoms with Crippen LogP contribution in [-0.4, -0.2) is 35.5 Å². The summed E-state index contributed by atoms with van der Waals surface area (Å²) in [6, 6.07) is 7.66. The van der Waals surface area contributed by atoms with Gasteiger partial charge < -0.3 is 10.1 Å². The molecule has 0 aromatic heterocycles. The number of nitrogens with zero attached hydrogens (tertiary/aromatic N) is 1. The van der Waals surface area contributed by atoms with Crippen LogP contribution in [0, 0.1) is 0 Å². The van der Waals surface area contributed by atoms with Gasteiger partial charge in [-0.1, -0.05) is 51.2 Å². The van der Waals surface area contributed by atoms with E-state index in [9.17, 15) is 9.59 Å². The smallest absolute Gasteiger partial charge is 0.325 e. The van der Waals surface area contributed by atoms with Crippen LogP contribution in [0.25, 0.3) is 0 Å². The molecule has 3 rings (SSSR count). The molecule has 0 radical (unpaired) electrons. The van der Waals surface area contributed by atoms with Crippen LogP contribution in [0.2, 0.25) is 0 Å². The SMILES string of the molecule is CCc1cccc(OCCN2C(=O)NC3(CCCCCCC3)C2=O)c1. The number of benzene rings is 1. The molecule has 0 unspecified atom stereocenters. The maximum absolute atomic E-state index is 12.9. The number of nitrogens with one attached hydrogen (secondary N) is 1. The summed E-state index contributed by atoms with van der Waals surface area (Å²) >= 11 is 0. The molecule has 1 aliphatic heterocycles. The van der Waals surface area contributed by atoms with Crippen molar-refractivity contribution in [3.63, 3.8) is 0 Å². The van der Waals surface area contributed by atoms with Gasteiger partial charge >= 0.3 is 6.03 Å². The highest BCUT2D eigenvalue weighted by Crippen LogP contribution is 2.32. The van der Waals surface area contributed by atoms with Gasteiger partial charge in [-0.2, -0.15) is 0 Å². The van der Waals surface area contributed by atoms with Gasteiger partial charge in [0.2, 0.25) is 0 Å². The van der Waals surface area contributed by atoms with E-state index >= 15 is 0 Å². The highest BCUT2D eigenvalue weighted by atomic mass is 16.5. The number of imide groups is 1. The Morgan fingerprint density at radius 3 is 2.56 bits per heavy atom. The minimum Gasteiger partial charge on any atom is -0.492 e. The topological polar surface area (TPSA) is 58.6 Å². The summed E-state index contributed by atoms with van der Waals surface area (Å²) in [4.78, 5) is 26.6. The molecule has 0 atom stereocenters. The number of ether oxygens (including phenoxy) is 1. The third-order valence-corrected chi connectivity index (χ3v) is 5.34. The van der Waals surface area contributed by atoms with E-state index in [1.165, 1.54) is 16.9 Å². The van der Waals surface area contributed by atoms with Gasteiger partial charge in [0, 0.05) is 0 Å². The first-order chi connectivity index (χ1) is 12.1. The van der Waals surface area contributed by atoms with Gasteiger partial charge in [0.15, 0.2) is 0 Å². The predicted molar refractivity (Wildman–Crippen MR) is 96.6 cm³/mol. The Morgan fingerprint density at radius 2 is 1.84 bits per heavy atom. The van der Waals surface area contributed by atoms with E-state index < -0.39 is 5.54 Å². The van der Waals surface area contributed by atoms with Crippen molar-refractivity contribution in [2.45, 2.75) is 63.8 Å². The molecular weight excluding hydrogens is 316 g/mol. The van der Waals surface area contributed by atoms with E-state index in [4.69, 9.17) is 4.74 Å². The molecule has 2 aliphatic rings. The lowest BCUT2D eigenvalue weighted by atomic mass is 9.84. The third kappa shape index (κ3) is 3.97. The molecule has 1 aliphatic carbocycles. The third-order valence-electron chi connectivity index (χ3n) is 5.34. The van der Waals surface area contributed by atoms with E-state index in [0.29, 0.717) is 13.2 Å². The Hall–Kier alpha value is -2.04. The van der Waals surface area contributed by atoms with Crippen molar-refractivity contribution < 1.29 is 14.3 Å². The average Bonchev–Trinajstić information content (AvgIpc) is 2.83. The Kier molecular flexibility index (Phi) is 5.61. The van der Waals surface area contributed by atoms with Gasteiger partial charge in [-0.25, -0.2) is 4.79 Å². The highest BCUT2D eigenvalue weighted by molar-refractivity contribution is 6.07. The maximum Gasteiger partial charge on any atom is 0.325 e. The van der Waals surface area contributed by atoms with Crippen LogP contribution in [0.1, 0.15) is 57.4 Å². The van der Waals surface area contributed by atoms with Gasteiger partial charge in [0.1, 0.15) is 17.9 Å². The first-order valence-corrected chi connectivity index (χ1v) is 9.50. The van der Waals surface area contributed by atoms with Crippen LogP contribution in [0.4, 0.5) is 4.79 Å². The number of hydrogen-bond donors (Lipinski definition) is 1. The van der Waals surface area contributed by atoms with Crippen LogP contribution in [0.5, 0.6) is 5.75 Å². The summed E-state index contributed by atoms with van der Waals surface area (Å²) in [7, 11) is 0. The molecular formula is C20H28N2O3. The largest absolute Gasteiger partial charge is 0.492 e. The van der Waals surface area contributed by atoms with Crippen molar-refractivity contribution >= 4 is 11.9 Å². The number of amides is 3. The summed E-state index contributed by atoms with van der Waals surface area (Å²) in [6.45, 7) is 2.71. The molecule has 1 saturated carbocycles. The zero-order valence-electron chi connectivity index (χ0n) is 15.1. The lowest BCUT2D eigenvalue weighted by Crippen LogP contribution is -2.47. The van der Waals surface area contributed by atoms with Crippen molar-refractivity contribution in [3.05, 3.63) is 29.8 Å². The Bertz CT molecular complexity index is 621. The van der Waals surface area contributed by atoms with Gasteiger partial charge in [-0.05, 0) is 37.0 Å². The number of carbonyl (C=O) groups excluding carboxylic acids is 2. The second kappa shape index (κ2) is 7.89. The van der Waals surface area contributed by atoms with Gasteiger partial charge in [0.25, 0.3) is 5.91 Å². The second-order valence-corrected chi connectivity index (χ2v) is 7.09. The number of aryl methyl sites for hydroxylation is 1. The van der Waals surface area contributed by atoms with Crippen molar-refractivity contribution in [1.29, 1.82) is 0 Å². The van der Waals surface area contributed by atoms with Crippen molar-refractivity contribution in [3.8, 4) is 5.75 Å². The summed E-state index contributed by atoms with van der Waals surface area (Å²) in [5, 5.41) is 2.99. The first kappa shape index (κ1) is 17.8.